The Morgan fingerprint density at radius 1 is 1.33 bits per heavy atom. The number of hydrogen-bond donors (Lipinski definition) is 0. The second-order valence-electron chi connectivity index (χ2n) is 7.66. The highest BCUT2D eigenvalue weighted by Crippen LogP contribution is 2.63. The van der Waals surface area contributed by atoms with Crippen LogP contribution in [0.2, 0.25) is 0 Å². The number of carbonyl (C=O) groups is 1. The predicted octanol–water partition coefficient (Wildman–Crippen LogP) is 3.78. The molecule has 18 heavy (non-hydrogen) atoms. The fourth-order valence-corrected chi connectivity index (χ4v) is 3.30. The van der Waals surface area contributed by atoms with Gasteiger partial charge in [-0.15, -0.1) is 0 Å². The standard InChI is InChI=1S/C15H25NO2/c1-13(2,3)12(17)18-16-11-9-10-7-8-15(11,6)14(10,4)5/h10H,7-9H2,1-6H3/b16-11-/t10-,15+/m1/s1. The lowest BCUT2D eigenvalue weighted by Crippen LogP contribution is -2.33. The molecule has 0 radical (unpaired) electrons. The molecule has 0 aromatic rings. The van der Waals surface area contributed by atoms with E-state index in [0.717, 1.165) is 18.6 Å². The van der Waals surface area contributed by atoms with E-state index in [2.05, 4.69) is 25.9 Å². The molecule has 2 saturated carbocycles. The van der Waals surface area contributed by atoms with Crippen LogP contribution in [0.15, 0.2) is 5.16 Å². The zero-order chi connectivity index (χ0) is 13.8. The summed E-state index contributed by atoms with van der Waals surface area (Å²) < 4.78 is 0. The number of nitrogens with zero attached hydrogens (tertiary/aromatic N) is 1. The lowest BCUT2D eigenvalue weighted by atomic mass is 9.70. The molecule has 2 atom stereocenters. The summed E-state index contributed by atoms with van der Waals surface area (Å²) in [4.78, 5) is 16.9. The topological polar surface area (TPSA) is 38.7 Å². The smallest absolute Gasteiger partial charge is 0.318 e. The van der Waals surface area contributed by atoms with E-state index in [9.17, 15) is 4.79 Å². The van der Waals surface area contributed by atoms with Crippen LogP contribution in [-0.2, 0) is 9.63 Å². The average molecular weight is 251 g/mol. The van der Waals surface area contributed by atoms with Crippen LogP contribution < -0.4 is 0 Å². The first-order valence-electron chi connectivity index (χ1n) is 6.88. The van der Waals surface area contributed by atoms with Crippen molar-refractivity contribution in [2.75, 3.05) is 0 Å². The van der Waals surface area contributed by atoms with Crippen molar-refractivity contribution in [2.45, 2.75) is 60.8 Å². The summed E-state index contributed by atoms with van der Waals surface area (Å²) >= 11 is 0. The van der Waals surface area contributed by atoms with Crippen molar-refractivity contribution in [1.29, 1.82) is 0 Å². The van der Waals surface area contributed by atoms with Gasteiger partial charge in [-0.1, -0.05) is 25.9 Å². The minimum atomic E-state index is -0.488. The van der Waals surface area contributed by atoms with Gasteiger partial charge in [-0.25, -0.2) is 4.79 Å². The third-order valence-electron chi connectivity index (χ3n) is 5.36. The Hall–Kier alpha value is -0.860. The number of hydrogen-bond acceptors (Lipinski definition) is 3. The molecule has 0 spiro atoms. The molecule has 2 rings (SSSR count). The maximum Gasteiger partial charge on any atom is 0.340 e. The largest absolute Gasteiger partial charge is 0.340 e. The van der Waals surface area contributed by atoms with Gasteiger partial charge < -0.3 is 4.84 Å². The Morgan fingerprint density at radius 2 is 1.94 bits per heavy atom. The Kier molecular flexibility index (Phi) is 2.88. The van der Waals surface area contributed by atoms with E-state index in [-0.39, 0.29) is 16.8 Å². The van der Waals surface area contributed by atoms with Gasteiger partial charge in [0.2, 0.25) is 0 Å². The molecule has 0 aliphatic heterocycles. The van der Waals surface area contributed by atoms with Crippen molar-refractivity contribution in [1.82, 2.24) is 0 Å². The summed E-state index contributed by atoms with van der Waals surface area (Å²) in [5.41, 5.74) is 0.981. The molecule has 0 aromatic heterocycles. The second kappa shape index (κ2) is 3.82. The number of oxime groups is 1. The molecule has 3 nitrogen and oxygen atoms in total. The minimum absolute atomic E-state index is 0.107. The molecular weight excluding hydrogens is 226 g/mol. The maximum absolute atomic E-state index is 11.8. The molecule has 102 valence electrons. The second-order valence-corrected chi connectivity index (χ2v) is 7.66. The zero-order valence-corrected chi connectivity index (χ0v) is 12.5. The van der Waals surface area contributed by atoms with Gasteiger partial charge in [-0.3, -0.25) is 0 Å². The van der Waals surface area contributed by atoms with Crippen molar-refractivity contribution in [2.24, 2.45) is 27.3 Å². The van der Waals surface area contributed by atoms with Crippen molar-refractivity contribution in [3.05, 3.63) is 0 Å². The molecule has 0 N–H and O–H groups in total. The van der Waals surface area contributed by atoms with Gasteiger partial charge in [-0.2, -0.15) is 0 Å². The van der Waals surface area contributed by atoms with Gasteiger partial charge in [0.25, 0.3) is 0 Å². The highest BCUT2D eigenvalue weighted by atomic mass is 16.7. The summed E-state index contributed by atoms with van der Waals surface area (Å²) in [6.07, 6.45) is 3.42. The van der Waals surface area contributed by atoms with Gasteiger partial charge in [0, 0.05) is 5.41 Å². The summed E-state index contributed by atoms with van der Waals surface area (Å²) in [5, 5.41) is 4.21. The molecule has 0 saturated heterocycles. The van der Waals surface area contributed by atoms with E-state index in [1.165, 1.54) is 6.42 Å². The highest BCUT2D eigenvalue weighted by Gasteiger charge is 2.60. The predicted molar refractivity (Wildman–Crippen MR) is 72.2 cm³/mol. The van der Waals surface area contributed by atoms with Crippen molar-refractivity contribution >= 4 is 11.7 Å². The first kappa shape index (κ1) is 13.6. The van der Waals surface area contributed by atoms with Crippen LogP contribution in [0.1, 0.15) is 60.8 Å². The van der Waals surface area contributed by atoms with Gasteiger partial charge in [0.05, 0.1) is 11.1 Å². The van der Waals surface area contributed by atoms with Crippen LogP contribution >= 0.6 is 0 Å². The monoisotopic (exact) mass is 251 g/mol. The van der Waals surface area contributed by atoms with Crippen molar-refractivity contribution in [3.63, 3.8) is 0 Å². The summed E-state index contributed by atoms with van der Waals surface area (Å²) in [5.74, 6) is 0.439. The Morgan fingerprint density at radius 3 is 2.33 bits per heavy atom. The molecule has 2 fully saturated rings. The third kappa shape index (κ3) is 1.79. The molecule has 2 bridgehead atoms. The first-order chi connectivity index (χ1) is 8.09. The normalized spacial score (nSPS) is 36.1. The zero-order valence-electron chi connectivity index (χ0n) is 12.5. The van der Waals surface area contributed by atoms with Crippen molar-refractivity contribution in [3.8, 4) is 0 Å². The van der Waals surface area contributed by atoms with E-state index in [1.807, 2.05) is 20.8 Å². The van der Waals surface area contributed by atoms with E-state index in [0.29, 0.717) is 5.92 Å². The van der Waals surface area contributed by atoms with Crippen LogP contribution in [0.3, 0.4) is 0 Å². The van der Waals surface area contributed by atoms with Crippen LogP contribution in [0, 0.1) is 22.2 Å². The van der Waals surface area contributed by atoms with Crippen molar-refractivity contribution < 1.29 is 9.63 Å². The average Bonchev–Trinajstić information content (AvgIpc) is 2.56. The molecule has 0 aromatic carbocycles. The quantitative estimate of drug-likeness (QED) is 0.525. The van der Waals surface area contributed by atoms with E-state index >= 15 is 0 Å². The van der Waals surface area contributed by atoms with Crippen LogP contribution in [0.25, 0.3) is 0 Å². The van der Waals surface area contributed by atoms with Gasteiger partial charge in [-0.05, 0) is 51.4 Å². The lowest BCUT2D eigenvalue weighted by Gasteiger charge is -2.34. The SMILES string of the molecule is CC(C)(C)C(=O)O/N=C1/C[C@H]2CC[C@]1(C)C2(C)C. The van der Waals surface area contributed by atoms with Gasteiger partial charge in [0.15, 0.2) is 0 Å². The van der Waals surface area contributed by atoms with Gasteiger partial charge in [0.1, 0.15) is 0 Å². The van der Waals surface area contributed by atoms with Gasteiger partial charge >= 0.3 is 5.97 Å². The number of fused-ring (bicyclic) bond motifs is 2. The van der Waals surface area contributed by atoms with Crippen LogP contribution in [0.5, 0.6) is 0 Å². The van der Waals surface area contributed by atoms with E-state index in [4.69, 9.17) is 4.84 Å². The Labute approximate surface area is 110 Å². The summed E-state index contributed by atoms with van der Waals surface area (Å²) in [7, 11) is 0. The minimum Gasteiger partial charge on any atom is -0.318 e. The fourth-order valence-electron chi connectivity index (χ4n) is 3.30. The fraction of sp³-hybridized carbons (Fsp3) is 0.867. The molecule has 2 aliphatic rings. The van der Waals surface area contributed by atoms with E-state index in [1.54, 1.807) is 0 Å². The molecule has 0 amide bonds. The Bertz CT molecular complexity index is 403. The Balaban J connectivity index is 2.16. The summed E-state index contributed by atoms with van der Waals surface area (Å²) in [6.45, 7) is 12.5. The molecule has 0 heterocycles. The molecule has 0 unspecified atom stereocenters. The van der Waals surface area contributed by atoms with E-state index < -0.39 is 5.41 Å². The first-order valence-corrected chi connectivity index (χ1v) is 6.88. The maximum atomic E-state index is 11.8. The number of carbonyl (C=O) groups excluding carboxylic acids is 1. The molecular formula is C15H25NO2. The molecule has 3 heteroatoms. The van der Waals surface area contributed by atoms with Crippen LogP contribution in [-0.4, -0.2) is 11.7 Å². The summed E-state index contributed by atoms with van der Waals surface area (Å²) in [6, 6.07) is 0. The number of rotatable bonds is 1. The molecule has 2 aliphatic carbocycles. The van der Waals surface area contributed by atoms with Crippen LogP contribution in [0.4, 0.5) is 0 Å². The highest BCUT2D eigenvalue weighted by molar-refractivity contribution is 5.94. The third-order valence-corrected chi connectivity index (χ3v) is 5.36. The lowest BCUT2D eigenvalue weighted by molar-refractivity contribution is -0.153.